The monoisotopic (exact) mass is 414 g/mol. The van der Waals surface area contributed by atoms with Gasteiger partial charge in [0.05, 0.1) is 0 Å². The van der Waals surface area contributed by atoms with Crippen molar-refractivity contribution in [2.24, 2.45) is 0 Å². The van der Waals surface area contributed by atoms with Crippen molar-refractivity contribution < 1.29 is 0 Å². The maximum absolute atomic E-state index is 2.44. The Morgan fingerprint density at radius 2 is 2.08 bits per heavy atom. The summed E-state index contributed by atoms with van der Waals surface area (Å²) >= 11 is 6.75. The molecule has 0 unspecified atom stereocenters. The molecule has 0 atom stereocenters. The highest BCUT2D eigenvalue weighted by atomic mass is 127. The van der Waals surface area contributed by atoms with Gasteiger partial charge in [-0.2, -0.15) is 0 Å². The third-order valence-electron chi connectivity index (χ3n) is 1.98. The van der Waals surface area contributed by atoms with Crippen LogP contribution in [0.1, 0.15) is 11.8 Å². The third kappa shape index (κ3) is 1.87. The Morgan fingerprint density at radius 1 is 1.31 bits per heavy atom. The van der Waals surface area contributed by atoms with Crippen LogP contribution in [0.3, 0.4) is 0 Å². The zero-order chi connectivity index (χ0) is 9.42. The maximum atomic E-state index is 2.44. The molecule has 0 radical (unpaired) electrons. The van der Waals surface area contributed by atoms with Gasteiger partial charge in [0, 0.05) is 16.7 Å². The molecule has 0 aliphatic carbocycles. The van der Waals surface area contributed by atoms with Gasteiger partial charge >= 0.3 is 0 Å². The summed E-state index contributed by atoms with van der Waals surface area (Å²) in [6, 6.07) is 6.71. The van der Waals surface area contributed by atoms with E-state index < -0.39 is 0 Å². The van der Waals surface area contributed by atoms with E-state index in [0.717, 1.165) is 6.42 Å². The molecule has 0 spiro atoms. The summed E-state index contributed by atoms with van der Waals surface area (Å²) in [5.41, 5.74) is 0. The molecule has 2 rings (SSSR count). The summed E-state index contributed by atoms with van der Waals surface area (Å²) in [5.74, 6) is 0. The van der Waals surface area contributed by atoms with Crippen molar-refractivity contribution >= 4 is 66.6 Å². The maximum Gasteiger partial charge on any atom is 0.0489 e. The van der Waals surface area contributed by atoms with Crippen molar-refractivity contribution in [3.8, 4) is 0 Å². The van der Waals surface area contributed by atoms with Crippen LogP contribution >= 0.6 is 56.5 Å². The van der Waals surface area contributed by atoms with Crippen molar-refractivity contribution in [3.63, 3.8) is 0 Å². The minimum Gasteiger partial charge on any atom is -0.139 e. The van der Waals surface area contributed by atoms with Gasteiger partial charge in [0.25, 0.3) is 0 Å². The van der Waals surface area contributed by atoms with Gasteiger partial charge in [-0.05, 0) is 69.1 Å². The lowest BCUT2D eigenvalue weighted by atomic mass is 10.2. The number of aryl methyl sites for hydroxylation is 1. The number of benzene rings is 1. The smallest absolute Gasteiger partial charge is 0.0489 e. The Hall–Kier alpha value is 0.640. The Labute approximate surface area is 109 Å². The fourth-order valence-electron chi connectivity index (χ4n) is 1.27. The highest BCUT2D eigenvalue weighted by molar-refractivity contribution is 14.1. The van der Waals surface area contributed by atoms with Crippen LogP contribution in [0.25, 0.3) is 10.1 Å². The summed E-state index contributed by atoms with van der Waals surface area (Å²) in [6.45, 7) is 2.21. The number of thiophene rings is 1. The van der Waals surface area contributed by atoms with Gasteiger partial charge in [0.2, 0.25) is 0 Å². The molecule has 1 heterocycles. The summed E-state index contributed by atoms with van der Waals surface area (Å²) in [7, 11) is 0. The largest absolute Gasteiger partial charge is 0.139 e. The zero-order valence-corrected chi connectivity index (χ0v) is 12.2. The molecule has 0 aliphatic rings. The molecule has 0 aliphatic heterocycles. The molecular weight excluding hydrogens is 406 g/mol. The predicted molar refractivity (Wildman–Crippen MR) is 76.6 cm³/mol. The van der Waals surface area contributed by atoms with Crippen LogP contribution in [0.4, 0.5) is 0 Å². The van der Waals surface area contributed by atoms with Crippen LogP contribution in [0.2, 0.25) is 0 Å². The van der Waals surface area contributed by atoms with E-state index in [0.29, 0.717) is 0 Å². The van der Waals surface area contributed by atoms with Gasteiger partial charge < -0.3 is 0 Å². The lowest BCUT2D eigenvalue weighted by Gasteiger charge is -1.95. The fraction of sp³-hybridized carbons (Fsp3) is 0.200. The molecule has 1 aromatic carbocycles. The number of hydrogen-bond donors (Lipinski definition) is 0. The third-order valence-corrected chi connectivity index (χ3v) is 6.71. The molecule has 0 saturated heterocycles. The SMILES string of the molecule is CCc1cc2ccc(I)c(I)c2s1. The standard InChI is InChI=1S/C10H8I2S/c1-2-7-5-6-3-4-8(11)9(12)10(6)13-7/h3-5H,2H2,1H3. The summed E-state index contributed by atoms with van der Waals surface area (Å²) < 4.78 is 4.21. The first-order valence-electron chi connectivity index (χ1n) is 4.08. The first-order valence-corrected chi connectivity index (χ1v) is 7.06. The minimum absolute atomic E-state index is 1.14. The molecule has 0 N–H and O–H groups in total. The van der Waals surface area contributed by atoms with Gasteiger partial charge in [-0.1, -0.05) is 13.0 Å². The van der Waals surface area contributed by atoms with E-state index in [-0.39, 0.29) is 0 Å². The summed E-state index contributed by atoms with van der Waals surface area (Å²) in [5, 5.41) is 1.40. The van der Waals surface area contributed by atoms with Gasteiger partial charge in [-0.25, -0.2) is 0 Å². The molecule has 1 aromatic heterocycles. The number of halogens is 2. The van der Waals surface area contributed by atoms with E-state index in [1.54, 1.807) is 0 Å². The predicted octanol–water partition coefficient (Wildman–Crippen LogP) is 4.67. The van der Waals surface area contributed by atoms with Gasteiger partial charge in [-0.15, -0.1) is 11.3 Å². The lowest BCUT2D eigenvalue weighted by Crippen LogP contribution is -1.76. The van der Waals surface area contributed by atoms with E-state index in [9.17, 15) is 0 Å². The first-order chi connectivity index (χ1) is 6.22. The second-order valence-electron chi connectivity index (χ2n) is 2.85. The van der Waals surface area contributed by atoms with Crippen LogP contribution in [0.15, 0.2) is 18.2 Å². The summed E-state index contributed by atoms with van der Waals surface area (Å²) in [6.07, 6.45) is 1.14. The van der Waals surface area contributed by atoms with E-state index in [4.69, 9.17) is 0 Å². The molecule has 2 aromatic rings. The number of rotatable bonds is 1. The van der Waals surface area contributed by atoms with E-state index in [2.05, 4.69) is 70.3 Å². The number of fused-ring (bicyclic) bond motifs is 1. The minimum atomic E-state index is 1.14. The van der Waals surface area contributed by atoms with E-state index in [1.807, 2.05) is 11.3 Å². The van der Waals surface area contributed by atoms with Gasteiger partial charge in [-0.3, -0.25) is 0 Å². The zero-order valence-electron chi connectivity index (χ0n) is 7.10. The topological polar surface area (TPSA) is 0 Å². The Kier molecular flexibility index (Phi) is 3.14. The normalized spacial score (nSPS) is 11.0. The molecule has 68 valence electrons. The van der Waals surface area contributed by atoms with Crippen LogP contribution in [0, 0.1) is 7.14 Å². The van der Waals surface area contributed by atoms with E-state index >= 15 is 0 Å². The molecule has 0 bridgehead atoms. The molecule has 0 saturated carbocycles. The molecule has 3 heteroatoms. The van der Waals surface area contributed by atoms with Gasteiger partial charge in [0.1, 0.15) is 0 Å². The molecule has 0 fully saturated rings. The number of hydrogen-bond acceptors (Lipinski definition) is 1. The highest BCUT2D eigenvalue weighted by Crippen LogP contribution is 2.32. The van der Waals surface area contributed by atoms with Crippen molar-refractivity contribution in [1.29, 1.82) is 0 Å². The molecule has 0 amide bonds. The van der Waals surface area contributed by atoms with Crippen LogP contribution < -0.4 is 0 Å². The van der Waals surface area contributed by atoms with Crippen LogP contribution in [-0.2, 0) is 6.42 Å². The highest BCUT2D eigenvalue weighted by Gasteiger charge is 2.06. The van der Waals surface area contributed by atoms with Crippen LogP contribution in [0.5, 0.6) is 0 Å². The lowest BCUT2D eigenvalue weighted by molar-refractivity contribution is 1.19. The Morgan fingerprint density at radius 3 is 2.77 bits per heavy atom. The quantitative estimate of drug-likeness (QED) is 0.596. The Balaban J connectivity index is 2.76. The second-order valence-corrected chi connectivity index (χ2v) is 6.22. The average molecular weight is 414 g/mol. The molecule has 0 nitrogen and oxygen atoms in total. The van der Waals surface area contributed by atoms with E-state index in [1.165, 1.54) is 22.1 Å². The van der Waals surface area contributed by atoms with Gasteiger partial charge in [0.15, 0.2) is 0 Å². The first kappa shape index (κ1) is 10.2. The van der Waals surface area contributed by atoms with Crippen LogP contribution in [-0.4, -0.2) is 0 Å². The fourth-order valence-corrected chi connectivity index (χ4v) is 3.76. The van der Waals surface area contributed by atoms with Crippen molar-refractivity contribution in [2.45, 2.75) is 13.3 Å². The second kappa shape index (κ2) is 4.02. The average Bonchev–Trinajstić information content (AvgIpc) is 2.55. The Bertz CT molecular complexity index is 445. The molecule has 13 heavy (non-hydrogen) atoms. The summed E-state index contributed by atoms with van der Waals surface area (Å²) in [4.78, 5) is 1.48. The van der Waals surface area contributed by atoms with Crippen molar-refractivity contribution in [3.05, 3.63) is 30.2 Å². The van der Waals surface area contributed by atoms with Crippen molar-refractivity contribution in [1.82, 2.24) is 0 Å². The van der Waals surface area contributed by atoms with Crippen molar-refractivity contribution in [2.75, 3.05) is 0 Å². The molecular formula is C10H8I2S.